The number of anilines is 1. The fraction of sp³-hybridized carbons (Fsp3) is 0.250. The van der Waals surface area contributed by atoms with Crippen LogP contribution in [0.3, 0.4) is 0 Å². The van der Waals surface area contributed by atoms with E-state index < -0.39 is 0 Å². The molecular weight excluding hydrogens is 284 g/mol. The van der Waals surface area contributed by atoms with Gasteiger partial charge in [0.15, 0.2) is 6.61 Å². The predicted octanol–water partition coefficient (Wildman–Crippen LogP) is 2.41. The van der Waals surface area contributed by atoms with Crippen molar-refractivity contribution in [3.05, 3.63) is 47.4 Å². The van der Waals surface area contributed by atoms with Crippen molar-refractivity contribution < 1.29 is 18.7 Å². The molecule has 0 bridgehead atoms. The van der Waals surface area contributed by atoms with Crippen molar-refractivity contribution in [1.29, 1.82) is 0 Å². The maximum absolute atomic E-state index is 12.2. The minimum absolute atomic E-state index is 0.0262. The number of carbonyl (C=O) groups excluding carboxylic acids is 2. The number of aryl methyl sites for hydroxylation is 1. The molecule has 114 valence electrons. The molecule has 1 aliphatic heterocycles. The van der Waals surface area contributed by atoms with Gasteiger partial charge in [0.1, 0.15) is 11.5 Å². The number of hydrogen-bond donors (Lipinski definition) is 2. The maximum Gasteiger partial charge on any atom is 0.262 e. The Labute approximate surface area is 127 Å². The fourth-order valence-corrected chi connectivity index (χ4v) is 2.35. The number of fused-ring (bicyclic) bond motifs is 1. The summed E-state index contributed by atoms with van der Waals surface area (Å²) in [5, 5.41) is 5.66. The molecule has 0 radical (unpaired) electrons. The molecule has 6 heteroatoms. The van der Waals surface area contributed by atoms with Gasteiger partial charge in [-0.3, -0.25) is 9.59 Å². The standard InChI is InChI=1S/C16H16N2O4/c1-9(17-16(20)12-5-6-21-10(12)2)11-3-4-14-13(7-11)18-15(19)8-22-14/h3-7,9H,8H2,1-2H3,(H,17,20)(H,18,19)/t9-/m0/s1. The number of carbonyl (C=O) groups is 2. The van der Waals surface area contributed by atoms with Gasteiger partial charge in [-0.15, -0.1) is 0 Å². The van der Waals surface area contributed by atoms with Crippen LogP contribution in [-0.2, 0) is 4.79 Å². The van der Waals surface area contributed by atoms with Crippen molar-refractivity contribution in [2.75, 3.05) is 11.9 Å². The summed E-state index contributed by atoms with van der Waals surface area (Å²) in [4.78, 5) is 23.5. The van der Waals surface area contributed by atoms with Crippen LogP contribution in [0.15, 0.2) is 34.9 Å². The van der Waals surface area contributed by atoms with E-state index in [1.54, 1.807) is 25.1 Å². The largest absolute Gasteiger partial charge is 0.482 e. The SMILES string of the molecule is Cc1occc1C(=O)N[C@@H](C)c1ccc2c(c1)NC(=O)CO2. The molecule has 1 aromatic carbocycles. The lowest BCUT2D eigenvalue weighted by molar-refractivity contribution is -0.118. The summed E-state index contributed by atoms with van der Waals surface area (Å²) in [5.74, 6) is 0.829. The molecule has 2 aromatic rings. The average molecular weight is 300 g/mol. The molecule has 2 amide bonds. The highest BCUT2D eigenvalue weighted by atomic mass is 16.5. The lowest BCUT2D eigenvalue weighted by Crippen LogP contribution is -2.28. The third-order valence-corrected chi connectivity index (χ3v) is 3.59. The number of furan rings is 1. The highest BCUT2D eigenvalue weighted by Crippen LogP contribution is 2.30. The number of ether oxygens (including phenoxy) is 1. The molecular formula is C16H16N2O4. The van der Waals surface area contributed by atoms with Crippen LogP contribution >= 0.6 is 0 Å². The van der Waals surface area contributed by atoms with E-state index in [0.717, 1.165) is 5.56 Å². The molecule has 22 heavy (non-hydrogen) atoms. The zero-order chi connectivity index (χ0) is 15.7. The Hall–Kier alpha value is -2.76. The molecule has 1 aliphatic rings. The van der Waals surface area contributed by atoms with Gasteiger partial charge in [0.2, 0.25) is 0 Å². The third-order valence-electron chi connectivity index (χ3n) is 3.59. The van der Waals surface area contributed by atoms with Gasteiger partial charge in [0, 0.05) is 0 Å². The average Bonchev–Trinajstić information content (AvgIpc) is 2.92. The van der Waals surface area contributed by atoms with E-state index >= 15 is 0 Å². The second-order valence-corrected chi connectivity index (χ2v) is 5.18. The normalized spacial score (nSPS) is 14.5. The number of rotatable bonds is 3. The van der Waals surface area contributed by atoms with Crippen molar-refractivity contribution in [3.63, 3.8) is 0 Å². The molecule has 1 atom stereocenters. The molecule has 0 aliphatic carbocycles. The molecule has 2 N–H and O–H groups in total. The summed E-state index contributed by atoms with van der Waals surface area (Å²) >= 11 is 0. The number of benzene rings is 1. The van der Waals surface area contributed by atoms with E-state index in [2.05, 4.69) is 10.6 Å². The Morgan fingerprint density at radius 3 is 2.91 bits per heavy atom. The van der Waals surface area contributed by atoms with E-state index in [9.17, 15) is 9.59 Å². The summed E-state index contributed by atoms with van der Waals surface area (Å²) < 4.78 is 10.4. The summed E-state index contributed by atoms with van der Waals surface area (Å²) in [6.07, 6.45) is 1.49. The summed E-state index contributed by atoms with van der Waals surface area (Å²) in [6, 6.07) is 6.88. The Kier molecular flexibility index (Phi) is 3.58. The van der Waals surface area contributed by atoms with E-state index in [-0.39, 0.29) is 24.5 Å². The van der Waals surface area contributed by atoms with E-state index in [1.165, 1.54) is 6.26 Å². The number of hydrogen-bond acceptors (Lipinski definition) is 4. The second kappa shape index (κ2) is 5.55. The van der Waals surface area contributed by atoms with Crippen molar-refractivity contribution in [1.82, 2.24) is 5.32 Å². The van der Waals surface area contributed by atoms with Crippen LogP contribution in [0.2, 0.25) is 0 Å². The first-order valence-corrected chi connectivity index (χ1v) is 6.96. The molecule has 6 nitrogen and oxygen atoms in total. The van der Waals surface area contributed by atoms with Gasteiger partial charge < -0.3 is 19.8 Å². The van der Waals surface area contributed by atoms with E-state index in [4.69, 9.17) is 9.15 Å². The van der Waals surface area contributed by atoms with Gasteiger partial charge in [-0.05, 0) is 37.6 Å². The predicted molar refractivity (Wildman–Crippen MR) is 79.9 cm³/mol. The lowest BCUT2D eigenvalue weighted by Gasteiger charge is -2.21. The molecule has 1 aromatic heterocycles. The quantitative estimate of drug-likeness (QED) is 0.912. The first kappa shape index (κ1) is 14.2. The fourth-order valence-electron chi connectivity index (χ4n) is 2.35. The Morgan fingerprint density at radius 1 is 1.36 bits per heavy atom. The van der Waals surface area contributed by atoms with E-state index in [0.29, 0.717) is 22.8 Å². The van der Waals surface area contributed by atoms with Crippen molar-refractivity contribution in [2.24, 2.45) is 0 Å². The zero-order valence-electron chi connectivity index (χ0n) is 12.3. The van der Waals surface area contributed by atoms with Gasteiger partial charge >= 0.3 is 0 Å². The highest BCUT2D eigenvalue weighted by molar-refractivity contribution is 5.96. The van der Waals surface area contributed by atoms with Gasteiger partial charge in [-0.1, -0.05) is 6.07 Å². The van der Waals surface area contributed by atoms with Gasteiger partial charge in [0.05, 0.1) is 23.6 Å². The molecule has 0 fully saturated rings. The minimum atomic E-state index is -0.217. The summed E-state index contributed by atoms with van der Waals surface area (Å²) in [6.45, 7) is 3.64. The Morgan fingerprint density at radius 2 is 2.18 bits per heavy atom. The molecule has 3 rings (SSSR count). The van der Waals surface area contributed by atoms with E-state index in [1.807, 2.05) is 13.0 Å². The first-order chi connectivity index (χ1) is 10.5. The van der Waals surface area contributed by atoms with Crippen molar-refractivity contribution >= 4 is 17.5 Å². The Balaban J connectivity index is 1.76. The minimum Gasteiger partial charge on any atom is -0.482 e. The third kappa shape index (κ3) is 2.67. The molecule has 0 spiro atoms. The molecule has 2 heterocycles. The maximum atomic E-state index is 12.2. The van der Waals surface area contributed by atoms with Crippen LogP contribution < -0.4 is 15.4 Å². The second-order valence-electron chi connectivity index (χ2n) is 5.18. The van der Waals surface area contributed by atoms with Crippen LogP contribution in [-0.4, -0.2) is 18.4 Å². The van der Waals surface area contributed by atoms with Gasteiger partial charge in [-0.2, -0.15) is 0 Å². The van der Waals surface area contributed by atoms with Crippen LogP contribution in [0, 0.1) is 6.92 Å². The summed E-state index contributed by atoms with van der Waals surface area (Å²) in [7, 11) is 0. The topological polar surface area (TPSA) is 80.6 Å². The van der Waals surface area contributed by atoms with Crippen molar-refractivity contribution in [3.8, 4) is 5.75 Å². The molecule has 0 saturated carbocycles. The summed E-state index contributed by atoms with van der Waals surface area (Å²) in [5.41, 5.74) is 2.01. The molecule has 0 unspecified atom stereocenters. The van der Waals surface area contributed by atoms with Gasteiger partial charge in [0.25, 0.3) is 11.8 Å². The van der Waals surface area contributed by atoms with Crippen molar-refractivity contribution in [2.45, 2.75) is 19.9 Å². The highest BCUT2D eigenvalue weighted by Gasteiger charge is 2.19. The van der Waals surface area contributed by atoms with Gasteiger partial charge in [-0.25, -0.2) is 0 Å². The Bertz CT molecular complexity index is 735. The first-order valence-electron chi connectivity index (χ1n) is 6.96. The monoisotopic (exact) mass is 300 g/mol. The number of nitrogens with one attached hydrogen (secondary N) is 2. The van der Waals surface area contributed by atoms with Crippen LogP contribution in [0.25, 0.3) is 0 Å². The zero-order valence-corrected chi connectivity index (χ0v) is 12.3. The lowest BCUT2D eigenvalue weighted by atomic mass is 10.1. The number of amides is 2. The van der Waals surface area contributed by atoms with Crippen LogP contribution in [0.1, 0.15) is 34.6 Å². The molecule has 0 saturated heterocycles. The smallest absolute Gasteiger partial charge is 0.262 e. The van der Waals surface area contributed by atoms with Crippen LogP contribution in [0.5, 0.6) is 5.75 Å². The van der Waals surface area contributed by atoms with Crippen LogP contribution in [0.4, 0.5) is 5.69 Å².